The number of carbonyl (C=O) groups is 1. The molecule has 7 nitrogen and oxygen atoms in total. The first-order valence-electron chi connectivity index (χ1n) is 17.3. The summed E-state index contributed by atoms with van der Waals surface area (Å²) < 4.78 is 19.3. The number of benzene rings is 1. The SMILES string of the molecule is CC[C@@]1(OCOC/C=C(\C)CC/C=C(\C)CC/C=C(\C)CCC=C(C)C)C(=O)OCc2c1cc1n(c2=O)Cc2cc3ccccc3nc2-1. The van der Waals surface area contributed by atoms with Crippen molar-refractivity contribution in [2.24, 2.45) is 0 Å². The van der Waals surface area contributed by atoms with Crippen LogP contribution < -0.4 is 5.56 Å². The Morgan fingerprint density at radius 2 is 1.58 bits per heavy atom. The molecule has 0 aliphatic carbocycles. The number of rotatable bonds is 15. The summed E-state index contributed by atoms with van der Waals surface area (Å²) in [5, 5.41) is 1.03. The Morgan fingerprint density at radius 3 is 2.27 bits per heavy atom. The lowest BCUT2D eigenvalue weighted by Crippen LogP contribution is -2.46. The van der Waals surface area contributed by atoms with E-state index in [2.05, 4.69) is 65.0 Å². The number of para-hydroxylation sites is 1. The van der Waals surface area contributed by atoms with Crippen LogP contribution in [-0.4, -0.2) is 28.9 Å². The minimum absolute atomic E-state index is 0.0756. The van der Waals surface area contributed by atoms with Gasteiger partial charge in [0.25, 0.3) is 5.56 Å². The Balaban J connectivity index is 1.17. The van der Waals surface area contributed by atoms with E-state index >= 15 is 0 Å². The van der Waals surface area contributed by atoms with Crippen molar-refractivity contribution < 1.29 is 19.0 Å². The Kier molecular flexibility index (Phi) is 11.7. The van der Waals surface area contributed by atoms with Crippen molar-refractivity contribution in [3.8, 4) is 11.4 Å². The van der Waals surface area contributed by atoms with Gasteiger partial charge in [-0.15, -0.1) is 0 Å². The van der Waals surface area contributed by atoms with Crippen molar-refractivity contribution in [2.75, 3.05) is 13.4 Å². The van der Waals surface area contributed by atoms with E-state index in [1.54, 1.807) is 4.57 Å². The van der Waals surface area contributed by atoms with Gasteiger partial charge in [-0.05, 0) is 97.8 Å². The van der Waals surface area contributed by atoms with Crippen LogP contribution in [0.1, 0.15) is 103 Å². The van der Waals surface area contributed by atoms with Crippen LogP contribution >= 0.6 is 0 Å². The number of aromatic nitrogens is 2. The van der Waals surface area contributed by atoms with Gasteiger partial charge in [0.2, 0.25) is 0 Å². The summed E-state index contributed by atoms with van der Waals surface area (Å²) in [6.45, 7) is 13.3. The van der Waals surface area contributed by atoms with Gasteiger partial charge in [0.15, 0.2) is 5.60 Å². The van der Waals surface area contributed by atoms with E-state index in [-0.39, 0.29) is 19.0 Å². The van der Waals surface area contributed by atoms with E-state index in [0.29, 0.717) is 36.4 Å². The number of hydrogen-bond donors (Lipinski definition) is 0. The number of pyridine rings is 2. The zero-order valence-electron chi connectivity index (χ0n) is 29.5. The molecular formula is C41H50N2O5. The Labute approximate surface area is 285 Å². The summed E-state index contributed by atoms with van der Waals surface area (Å²) in [7, 11) is 0. The molecule has 5 rings (SSSR count). The van der Waals surface area contributed by atoms with Crippen LogP contribution in [0.3, 0.4) is 0 Å². The molecule has 0 radical (unpaired) electrons. The number of fused-ring (bicyclic) bond motifs is 5. The third-order valence-corrected chi connectivity index (χ3v) is 9.48. The number of carbonyl (C=O) groups excluding carboxylic acids is 1. The number of esters is 1. The summed E-state index contributed by atoms with van der Waals surface area (Å²) >= 11 is 0. The van der Waals surface area contributed by atoms with Gasteiger partial charge in [0, 0.05) is 16.5 Å². The zero-order chi connectivity index (χ0) is 34.3. The number of allylic oxidation sites excluding steroid dienone is 7. The third kappa shape index (κ3) is 7.96. The van der Waals surface area contributed by atoms with Crippen LogP contribution in [0.5, 0.6) is 0 Å². The van der Waals surface area contributed by atoms with Gasteiger partial charge in [-0.1, -0.05) is 71.7 Å². The molecule has 2 aromatic heterocycles. The van der Waals surface area contributed by atoms with E-state index in [9.17, 15) is 9.59 Å². The van der Waals surface area contributed by atoms with Gasteiger partial charge < -0.3 is 18.8 Å². The maximum absolute atomic E-state index is 13.7. The quantitative estimate of drug-likeness (QED) is 0.0552. The van der Waals surface area contributed by atoms with Crippen LogP contribution in [0.25, 0.3) is 22.3 Å². The summed E-state index contributed by atoms with van der Waals surface area (Å²) in [4.78, 5) is 31.9. The average molecular weight is 651 g/mol. The molecule has 1 aromatic carbocycles. The van der Waals surface area contributed by atoms with E-state index in [1.165, 1.54) is 22.3 Å². The van der Waals surface area contributed by atoms with Crippen LogP contribution in [0.15, 0.2) is 87.8 Å². The third-order valence-electron chi connectivity index (χ3n) is 9.48. The molecule has 3 aromatic rings. The Bertz CT molecular complexity index is 1840. The lowest BCUT2D eigenvalue weighted by molar-refractivity contribution is -0.198. The topological polar surface area (TPSA) is 79.7 Å². The highest BCUT2D eigenvalue weighted by atomic mass is 16.7. The first kappa shape index (κ1) is 35.2. The number of hydrogen-bond acceptors (Lipinski definition) is 6. The molecule has 0 N–H and O–H groups in total. The molecule has 48 heavy (non-hydrogen) atoms. The van der Waals surface area contributed by atoms with Crippen LogP contribution in [-0.2, 0) is 37.8 Å². The molecule has 0 spiro atoms. The standard InChI is InChI=1S/C41H50N2O5/c1-7-41(48-27-46-22-21-31(6)18-12-17-30(5)16-11-15-29(4)14-10-13-28(2)3)35-24-37-38-33(23-32-19-8-9-20-36(32)42-38)25-43(37)39(44)34(35)26-47-40(41)45/h8-9,13,15,17,19-21,23-24H,7,10-12,14,16,18,22,25-27H2,1-6H3/b29-15+,30-17+,31-21+/t41-/m0/s1. The highest BCUT2D eigenvalue weighted by molar-refractivity contribution is 5.86. The van der Waals surface area contributed by atoms with Crippen molar-refractivity contribution >= 4 is 16.9 Å². The van der Waals surface area contributed by atoms with Crippen molar-refractivity contribution in [1.82, 2.24) is 9.55 Å². The number of cyclic esters (lactones) is 1. The van der Waals surface area contributed by atoms with Gasteiger partial charge >= 0.3 is 5.97 Å². The fourth-order valence-corrected chi connectivity index (χ4v) is 6.53. The maximum atomic E-state index is 13.7. The van der Waals surface area contributed by atoms with Crippen molar-refractivity contribution in [1.29, 1.82) is 0 Å². The fraction of sp³-hybridized carbons (Fsp3) is 0.439. The molecule has 2 aliphatic rings. The second-order valence-electron chi connectivity index (χ2n) is 13.4. The lowest BCUT2D eigenvalue weighted by atomic mass is 9.85. The first-order chi connectivity index (χ1) is 23.1. The summed E-state index contributed by atoms with van der Waals surface area (Å²) in [5.41, 5.74) is 8.19. The second-order valence-corrected chi connectivity index (χ2v) is 13.4. The Hall–Kier alpha value is -4.07. The fourth-order valence-electron chi connectivity index (χ4n) is 6.53. The Morgan fingerprint density at radius 1 is 0.917 bits per heavy atom. The summed E-state index contributed by atoms with van der Waals surface area (Å²) in [5.74, 6) is -0.501. The van der Waals surface area contributed by atoms with E-state index in [4.69, 9.17) is 19.2 Å². The van der Waals surface area contributed by atoms with Gasteiger partial charge in [0.05, 0.1) is 35.6 Å². The van der Waals surface area contributed by atoms with Gasteiger partial charge in [-0.3, -0.25) is 4.79 Å². The molecule has 7 heteroatoms. The largest absolute Gasteiger partial charge is 0.458 e. The summed E-state index contributed by atoms with van der Waals surface area (Å²) in [6, 6.07) is 11.9. The monoisotopic (exact) mass is 650 g/mol. The molecule has 0 amide bonds. The molecular weight excluding hydrogens is 600 g/mol. The molecule has 4 heterocycles. The average Bonchev–Trinajstić information content (AvgIpc) is 3.42. The van der Waals surface area contributed by atoms with E-state index < -0.39 is 11.6 Å². The maximum Gasteiger partial charge on any atom is 0.343 e. The van der Waals surface area contributed by atoms with Crippen molar-refractivity contribution in [2.45, 2.75) is 105 Å². The molecule has 2 aliphatic heterocycles. The summed E-state index contributed by atoms with van der Waals surface area (Å²) in [6.07, 6.45) is 15.7. The highest BCUT2D eigenvalue weighted by Crippen LogP contribution is 2.40. The van der Waals surface area contributed by atoms with E-state index in [1.807, 2.05) is 37.3 Å². The smallest absolute Gasteiger partial charge is 0.343 e. The lowest BCUT2D eigenvalue weighted by Gasteiger charge is -2.36. The van der Waals surface area contributed by atoms with Gasteiger partial charge in [-0.25, -0.2) is 9.78 Å². The molecule has 0 unspecified atom stereocenters. The zero-order valence-corrected chi connectivity index (χ0v) is 29.5. The predicted molar refractivity (Wildman–Crippen MR) is 193 cm³/mol. The molecule has 0 saturated carbocycles. The normalized spacial score (nSPS) is 17.6. The molecule has 254 valence electrons. The molecule has 0 fully saturated rings. The van der Waals surface area contributed by atoms with Crippen molar-refractivity contribution in [3.63, 3.8) is 0 Å². The highest BCUT2D eigenvalue weighted by Gasteiger charge is 2.48. The number of nitrogens with zero attached hydrogens (tertiary/aromatic N) is 2. The minimum atomic E-state index is -1.43. The predicted octanol–water partition coefficient (Wildman–Crippen LogP) is 9.22. The van der Waals surface area contributed by atoms with Gasteiger partial charge in [-0.2, -0.15) is 0 Å². The minimum Gasteiger partial charge on any atom is -0.458 e. The van der Waals surface area contributed by atoms with Crippen molar-refractivity contribution in [3.05, 3.63) is 110 Å². The number of ether oxygens (including phenoxy) is 3. The first-order valence-corrected chi connectivity index (χ1v) is 17.3. The van der Waals surface area contributed by atoms with Crippen LogP contribution in [0, 0.1) is 0 Å². The van der Waals surface area contributed by atoms with Crippen LogP contribution in [0.4, 0.5) is 0 Å². The molecule has 1 atom stereocenters. The molecule has 0 saturated heterocycles. The molecule has 0 bridgehead atoms. The second kappa shape index (κ2) is 15.9. The van der Waals surface area contributed by atoms with E-state index in [0.717, 1.165) is 60.7 Å². The van der Waals surface area contributed by atoms with Gasteiger partial charge in [0.1, 0.15) is 13.4 Å². The van der Waals surface area contributed by atoms with Crippen LogP contribution in [0.2, 0.25) is 0 Å².